The van der Waals surface area contributed by atoms with E-state index in [2.05, 4.69) is 32.4 Å². The van der Waals surface area contributed by atoms with E-state index in [9.17, 15) is 0 Å². The minimum absolute atomic E-state index is 0.301. The topological polar surface area (TPSA) is 38.2 Å². The van der Waals surface area contributed by atoms with E-state index in [1.165, 1.54) is 11.1 Å². The maximum Gasteiger partial charge on any atom is 0.225 e. The van der Waals surface area contributed by atoms with Crippen LogP contribution < -0.4 is 4.90 Å². The molecule has 0 atom stereocenters. The highest BCUT2D eigenvalue weighted by Gasteiger charge is 2.21. The van der Waals surface area contributed by atoms with Crippen LogP contribution in [0, 0.1) is 0 Å². The molecule has 1 aromatic carbocycles. The number of nitrogens with zero attached hydrogens (tertiary/aromatic N) is 3. The Balaban J connectivity index is 1.92. The standard InChI is InChI=1S/C16H14ClN3OS/c17-16-18-14(20-6-8-21-9-7-20)13-12(10-22-15(13)19-16)11-4-2-1-3-5-11/h1-5,10H,6-9H2. The van der Waals surface area contributed by atoms with Crippen molar-refractivity contribution in [3.05, 3.63) is 41.0 Å². The zero-order chi connectivity index (χ0) is 14.9. The second-order valence-corrected chi connectivity index (χ2v) is 6.31. The lowest BCUT2D eigenvalue weighted by Crippen LogP contribution is -2.37. The molecule has 0 spiro atoms. The first-order valence-corrected chi connectivity index (χ1v) is 8.41. The lowest BCUT2D eigenvalue weighted by atomic mass is 10.1. The molecule has 22 heavy (non-hydrogen) atoms. The molecular formula is C16H14ClN3OS. The van der Waals surface area contributed by atoms with Crippen molar-refractivity contribution >= 4 is 39.0 Å². The highest BCUT2D eigenvalue weighted by Crippen LogP contribution is 2.38. The molecule has 0 radical (unpaired) electrons. The fourth-order valence-electron chi connectivity index (χ4n) is 2.73. The number of benzene rings is 1. The van der Waals surface area contributed by atoms with Crippen LogP contribution in [0.4, 0.5) is 5.82 Å². The lowest BCUT2D eigenvalue weighted by molar-refractivity contribution is 0.122. The minimum Gasteiger partial charge on any atom is -0.378 e. The molecule has 1 aliphatic heterocycles. The van der Waals surface area contributed by atoms with Gasteiger partial charge in [-0.25, -0.2) is 4.98 Å². The van der Waals surface area contributed by atoms with Gasteiger partial charge in [0.2, 0.25) is 5.28 Å². The van der Waals surface area contributed by atoms with Gasteiger partial charge in [-0.1, -0.05) is 30.3 Å². The van der Waals surface area contributed by atoms with E-state index in [0.717, 1.165) is 29.1 Å². The van der Waals surface area contributed by atoms with Crippen LogP contribution in [0.15, 0.2) is 35.7 Å². The van der Waals surface area contributed by atoms with Gasteiger partial charge in [0.15, 0.2) is 0 Å². The van der Waals surface area contributed by atoms with Crippen LogP contribution >= 0.6 is 22.9 Å². The number of halogens is 1. The largest absolute Gasteiger partial charge is 0.378 e. The molecule has 0 saturated carbocycles. The van der Waals surface area contributed by atoms with Crippen LogP contribution in [0.5, 0.6) is 0 Å². The molecule has 0 aliphatic carbocycles. The van der Waals surface area contributed by atoms with Gasteiger partial charge in [0.1, 0.15) is 10.6 Å². The van der Waals surface area contributed by atoms with Gasteiger partial charge in [-0.3, -0.25) is 0 Å². The summed E-state index contributed by atoms with van der Waals surface area (Å²) in [4.78, 5) is 12.1. The number of fused-ring (bicyclic) bond motifs is 1. The van der Waals surface area contributed by atoms with E-state index in [1.807, 2.05) is 18.2 Å². The highest BCUT2D eigenvalue weighted by atomic mass is 35.5. The molecule has 0 amide bonds. The van der Waals surface area contributed by atoms with Gasteiger partial charge in [0.25, 0.3) is 0 Å². The number of hydrogen-bond acceptors (Lipinski definition) is 5. The van der Waals surface area contributed by atoms with E-state index in [4.69, 9.17) is 16.3 Å². The van der Waals surface area contributed by atoms with Crippen LogP contribution in [-0.2, 0) is 4.74 Å². The van der Waals surface area contributed by atoms with Crippen LogP contribution in [0.1, 0.15) is 0 Å². The smallest absolute Gasteiger partial charge is 0.225 e. The van der Waals surface area contributed by atoms with Crippen LogP contribution in [0.3, 0.4) is 0 Å². The summed E-state index contributed by atoms with van der Waals surface area (Å²) in [5.41, 5.74) is 2.34. The van der Waals surface area contributed by atoms with Crippen molar-refractivity contribution in [1.82, 2.24) is 9.97 Å². The predicted octanol–water partition coefficient (Wildman–Crippen LogP) is 3.85. The van der Waals surface area contributed by atoms with E-state index in [0.29, 0.717) is 18.5 Å². The van der Waals surface area contributed by atoms with Gasteiger partial charge in [0, 0.05) is 24.0 Å². The SMILES string of the molecule is Clc1nc(N2CCOCC2)c2c(-c3ccccc3)csc2n1. The van der Waals surface area contributed by atoms with E-state index >= 15 is 0 Å². The van der Waals surface area contributed by atoms with Gasteiger partial charge in [0.05, 0.1) is 18.6 Å². The summed E-state index contributed by atoms with van der Waals surface area (Å²) in [6, 6.07) is 10.3. The van der Waals surface area contributed by atoms with Crippen LogP contribution in [0.25, 0.3) is 21.3 Å². The second kappa shape index (κ2) is 5.83. The molecule has 0 N–H and O–H groups in total. The van der Waals surface area contributed by atoms with Crippen molar-refractivity contribution in [2.24, 2.45) is 0 Å². The van der Waals surface area contributed by atoms with Gasteiger partial charge < -0.3 is 9.64 Å². The Hall–Kier alpha value is -1.69. The van der Waals surface area contributed by atoms with Crippen molar-refractivity contribution < 1.29 is 4.74 Å². The van der Waals surface area contributed by atoms with Crippen LogP contribution in [0.2, 0.25) is 5.28 Å². The maximum absolute atomic E-state index is 6.12. The van der Waals surface area contributed by atoms with Gasteiger partial charge in [-0.2, -0.15) is 4.98 Å². The summed E-state index contributed by atoms with van der Waals surface area (Å²) in [5.74, 6) is 0.915. The molecular weight excluding hydrogens is 318 g/mol. The quantitative estimate of drug-likeness (QED) is 0.669. The number of anilines is 1. The summed E-state index contributed by atoms with van der Waals surface area (Å²) in [6.45, 7) is 3.08. The fraction of sp³-hybridized carbons (Fsp3) is 0.250. The Morgan fingerprint density at radius 3 is 2.64 bits per heavy atom. The maximum atomic E-state index is 6.12. The second-order valence-electron chi connectivity index (χ2n) is 5.11. The first kappa shape index (κ1) is 13.9. The first-order valence-electron chi connectivity index (χ1n) is 7.16. The molecule has 2 aromatic heterocycles. The molecule has 0 bridgehead atoms. The third kappa shape index (κ3) is 2.45. The Bertz CT molecular complexity index is 800. The zero-order valence-corrected chi connectivity index (χ0v) is 13.4. The molecule has 1 fully saturated rings. The molecule has 6 heteroatoms. The lowest BCUT2D eigenvalue weighted by Gasteiger charge is -2.28. The monoisotopic (exact) mass is 331 g/mol. The Morgan fingerprint density at radius 2 is 1.86 bits per heavy atom. The van der Waals surface area contributed by atoms with E-state index < -0.39 is 0 Å². The number of aromatic nitrogens is 2. The minimum atomic E-state index is 0.301. The van der Waals surface area contributed by atoms with Gasteiger partial charge in [-0.15, -0.1) is 11.3 Å². The van der Waals surface area contributed by atoms with Crippen molar-refractivity contribution in [2.45, 2.75) is 0 Å². The summed E-state index contributed by atoms with van der Waals surface area (Å²) < 4.78 is 5.44. The molecule has 112 valence electrons. The van der Waals surface area contributed by atoms with Gasteiger partial charge >= 0.3 is 0 Å². The van der Waals surface area contributed by atoms with Crippen LogP contribution in [-0.4, -0.2) is 36.3 Å². The predicted molar refractivity (Wildman–Crippen MR) is 90.9 cm³/mol. The fourth-order valence-corrected chi connectivity index (χ4v) is 3.89. The zero-order valence-electron chi connectivity index (χ0n) is 11.8. The van der Waals surface area contributed by atoms with Gasteiger partial charge in [-0.05, 0) is 17.2 Å². The average molecular weight is 332 g/mol. The molecule has 3 aromatic rings. The third-order valence-corrected chi connectivity index (χ3v) is 4.82. The first-order chi connectivity index (χ1) is 10.8. The summed E-state index contributed by atoms with van der Waals surface area (Å²) in [7, 11) is 0. The Labute approximate surface area is 137 Å². The van der Waals surface area contributed by atoms with Crippen molar-refractivity contribution in [1.29, 1.82) is 0 Å². The number of ether oxygens (including phenoxy) is 1. The number of hydrogen-bond donors (Lipinski definition) is 0. The Kier molecular flexibility index (Phi) is 3.70. The number of morpholine rings is 1. The van der Waals surface area contributed by atoms with E-state index in [-0.39, 0.29) is 0 Å². The normalized spacial score (nSPS) is 15.4. The molecule has 3 heterocycles. The van der Waals surface area contributed by atoms with Crippen molar-refractivity contribution in [2.75, 3.05) is 31.2 Å². The summed E-state index contributed by atoms with van der Waals surface area (Å²) in [6.07, 6.45) is 0. The van der Waals surface area contributed by atoms with Crippen molar-refractivity contribution in [3.63, 3.8) is 0 Å². The average Bonchev–Trinajstić information content (AvgIpc) is 2.99. The third-order valence-electron chi connectivity index (χ3n) is 3.78. The molecule has 1 aliphatic rings. The number of rotatable bonds is 2. The van der Waals surface area contributed by atoms with Crippen molar-refractivity contribution in [3.8, 4) is 11.1 Å². The molecule has 4 rings (SSSR count). The number of thiophene rings is 1. The molecule has 0 unspecified atom stereocenters. The highest BCUT2D eigenvalue weighted by molar-refractivity contribution is 7.17. The summed E-state index contributed by atoms with van der Waals surface area (Å²) in [5, 5.41) is 3.52. The summed E-state index contributed by atoms with van der Waals surface area (Å²) >= 11 is 7.73. The van der Waals surface area contributed by atoms with E-state index in [1.54, 1.807) is 11.3 Å². The molecule has 1 saturated heterocycles. The molecule has 4 nitrogen and oxygen atoms in total. The Morgan fingerprint density at radius 1 is 1.09 bits per heavy atom.